The highest BCUT2D eigenvalue weighted by atomic mass is 19.1. The first kappa shape index (κ1) is 17.5. The number of anilines is 1. The number of phenols is 1. The lowest BCUT2D eigenvalue weighted by atomic mass is 10.2. The van der Waals surface area contributed by atoms with Crippen molar-refractivity contribution in [2.24, 2.45) is 0 Å². The van der Waals surface area contributed by atoms with Gasteiger partial charge in [-0.2, -0.15) is 0 Å². The maximum atomic E-state index is 13.3. The van der Waals surface area contributed by atoms with Gasteiger partial charge in [0.25, 0.3) is 0 Å². The van der Waals surface area contributed by atoms with Crippen molar-refractivity contribution in [3.8, 4) is 5.75 Å². The number of rotatable bonds is 5. The van der Waals surface area contributed by atoms with Gasteiger partial charge in [-0.3, -0.25) is 0 Å². The molecule has 2 N–H and O–H groups in total. The third-order valence-corrected chi connectivity index (χ3v) is 3.68. The molecule has 0 aliphatic rings. The lowest BCUT2D eigenvalue weighted by molar-refractivity contribution is 0.200. The van der Waals surface area contributed by atoms with Gasteiger partial charge in [-0.05, 0) is 30.3 Å². The number of nitrogens with one attached hydrogen (secondary N) is 1. The quantitative estimate of drug-likeness (QED) is 0.706. The molecule has 0 aliphatic carbocycles. The van der Waals surface area contributed by atoms with E-state index < -0.39 is 17.7 Å². The fourth-order valence-corrected chi connectivity index (χ4v) is 2.47. The Bertz CT molecular complexity index is 877. The molecular formula is C19H16F2N2O3. The van der Waals surface area contributed by atoms with Crippen LogP contribution in [0.15, 0.2) is 65.3 Å². The number of hydrogen-bond acceptors (Lipinski definition) is 3. The van der Waals surface area contributed by atoms with E-state index in [4.69, 9.17) is 4.42 Å². The summed E-state index contributed by atoms with van der Waals surface area (Å²) in [5.41, 5.74) is 0.522. The standard InChI is InChI=1S/C19H16F2N2O3/c20-14-8-15(21)10-16(9-14)22-19(25)23(12-17-5-3-7-26-17)11-13-4-1-2-6-18(13)24/h1-10,24H,11-12H2,(H,22,25). The minimum atomic E-state index is -0.793. The molecule has 2 amide bonds. The van der Waals surface area contributed by atoms with Crippen LogP contribution in [0.2, 0.25) is 0 Å². The van der Waals surface area contributed by atoms with Crippen molar-refractivity contribution in [1.29, 1.82) is 0 Å². The van der Waals surface area contributed by atoms with E-state index in [0.29, 0.717) is 11.3 Å². The maximum absolute atomic E-state index is 13.3. The Hall–Kier alpha value is -3.35. The number of para-hydroxylation sites is 1. The largest absolute Gasteiger partial charge is 0.508 e. The second-order valence-corrected chi connectivity index (χ2v) is 5.65. The lowest BCUT2D eigenvalue weighted by Crippen LogP contribution is -2.34. The molecule has 26 heavy (non-hydrogen) atoms. The monoisotopic (exact) mass is 358 g/mol. The third kappa shape index (κ3) is 4.38. The molecule has 1 aromatic heterocycles. The smallest absolute Gasteiger partial charge is 0.322 e. The summed E-state index contributed by atoms with van der Waals surface area (Å²) < 4.78 is 31.9. The van der Waals surface area contributed by atoms with E-state index in [1.807, 2.05) is 0 Å². The summed E-state index contributed by atoms with van der Waals surface area (Å²) >= 11 is 0. The average Bonchev–Trinajstić information content (AvgIpc) is 3.08. The van der Waals surface area contributed by atoms with Crippen LogP contribution in [0, 0.1) is 11.6 Å². The number of amides is 2. The van der Waals surface area contributed by atoms with E-state index in [0.717, 1.165) is 18.2 Å². The van der Waals surface area contributed by atoms with E-state index in [-0.39, 0.29) is 24.5 Å². The minimum absolute atomic E-state index is 0.00534. The number of nitrogens with zero attached hydrogens (tertiary/aromatic N) is 1. The molecule has 0 saturated heterocycles. The van der Waals surface area contributed by atoms with Crippen LogP contribution in [0.25, 0.3) is 0 Å². The molecule has 0 atom stereocenters. The van der Waals surface area contributed by atoms with Crippen LogP contribution in [-0.2, 0) is 13.1 Å². The number of furan rings is 1. The lowest BCUT2D eigenvalue weighted by Gasteiger charge is -2.23. The van der Waals surface area contributed by atoms with Crippen LogP contribution in [0.3, 0.4) is 0 Å². The van der Waals surface area contributed by atoms with Gasteiger partial charge in [0, 0.05) is 17.3 Å². The van der Waals surface area contributed by atoms with Crippen molar-refractivity contribution >= 4 is 11.7 Å². The predicted octanol–water partition coefficient (Wildman–Crippen LogP) is 4.50. The number of carbonyl (C=O) groups excluding carboxylic acids is 1. The molecule has 1 heterocycles. The van der Waals surface area contributed by atoms with Gasteiger partial charge in [-0.25, -0.2) is 13.6 Å². The zero-order valence-corrected chi connectivity index (χ0v) is 13.7. The molecule has 5 nitrogen and oxygen atoms in total. The number of aromatic hydroxyl groups is 1. The fourth-order valence-electron chi connectivity index (χ4n) is 2.47. The minimum Gasteiger partial charge on any atom is -0.508 e. The predicted molar refractivity (Wildman–Crippen MR) is 91.4 cm³/mol. The van der Waals surface area contributed by atoms with Gasteiger partial charge in [0.15, 0.2) is 0 Å². The Kier molecular flexibility index (Phi) is 5.17. The molecule has 0 bridgehead atoms. The van der Waals surface area contributed by atoms with Gasteiger partial charge in [0.2, 0.25) is 0 Å². The van der Waals surface area contributed by atoms with Gasteiger partial charge in [0.05, 0.1) is 19.4 Å². The number of urea groups is 1. The molecule has 0 aliphatic heterocycles. The molecule has 0 spiro atoms. The van der Waals surface area contributed by atoms with Gasteiger partial charge >= 0.3 is 6.03 Å². The van der Waals surface area contributed by atoms with E-state index in [2.05, 4.69) is 5.32 Å². The third-order valence-electron chi connectivity index (χ3n) is 3.68. The summed E-state index contributed by atoms with van der Waals surface area (Å²) in [4.78, 5) is 14.0. The number of hydrogen-bond donors (Lipinski definition) is 2. The van der Waals surface area contributed by atoms with E-state index in [9.17, 15) is 18.7 Å². The number of carbonyl (C=O) groups is 1. The molecule has 3 aromatic rings. The Labute approximate surface area is 148 Å². The van der Waals surface area contributed by atoms with Crippen molar-refractivity contribution in [2.75, 3.05) is 5.32 Å². The van der Waals surface area contributed by atoms with Crippen molar-refractivity contribution in [3.05, 3.63) is 83.8 Å². The first-order valence-corrected chi connectivity index (χ1v) is 7.82. The highest BCUT2D eigenvalue weighted by molar-refractivity contribution is 5.89. The SMILES string of the molecule is O=C(Nc1cc(F)cc(F)c1)N(Cc1ccco1)Cc1ccccc1O. The molecule has 2 aromatic carbocycles. The van der Waals surface area contributed by atoms with Gasteiger partial charge in [-0.1, -0.05) is 18.2 Å². The van der Waals surface area contributed by atoms with Gasteiger partial charge in [0.1, 0.15) is 23.1 Å². The average molecular weight is 358 g/mol. The molecule has 3 rings (SSSR count). The van der Waals surface area contributed by atoms with Crippen LogP contribution >= 0.6 is 0 Å². The highest BCUT2D eigenvalue weighted by Crippen LogP contribution is 2.21. The normalized spacial score (nSPS) is 10.5. The Morgan fingerprint density at radius 1 is 1.04 bits per heavy atom. The van der Waals surface area contributed by atoms with Crippen LogP contribution in [0.5, 0.6) is 5.75 Å². The van der Waals surface area contributed by atoms with Crippen molar-refractivity contribution in [1.82, 2.24) is 4.90 Å². The summed E-state index contributed by atoms with van der Waals surface area (Å²) in [5, 5.41) is 12.4. The molecule has 0 fully saturated rings. The van der Waals surface area contributed by atoms with Crippen LogP contribution in [0.1, 0.15) is 11.3 Å². The molecule has 0 radical (unpaired) electrons. The Morgan fingerprint density at radius 3 is 2.42 bits per heavy atom. The number of phenolic OH excluding ortho intramolecular Hbond substituents is 1. The summed E-state index contributed by atoms with van der Waals surface area (Å²) in [7, 11) is 0. The van der Waals surface area contributed by atoms with Crippen LogP contribution in [-0.4, -0.2) is 16.0 Å². The zero-order chi connectivity index (χ0) is 18.5. The molecular weight excluding hydrogens is 342 g/mol. The molecule has 134 valence electrons. The van der Waals surface area contributed by atoms with E-state index >= 15 is 0 Å². The van der Waals surface area contributed by atoms with Gasteiger partial charge in [-0.15, -0.1) is 0 Å². The van der Waals surface area contributed by atoms with Crippen LogP contribution < -0.4 is 5.32 Å². The van der Waals surface area contributed by atoms with Crippen molar-refractivity contribution in [2.45, 2.75) is 13.1 Å². The summed E-state index contributed by atoms with van der Waals surface area (Å²) in [5.74, 6) is -1.01. The molecule has 0 saturated carbocycles. The topological polar surface area (TPSA) is 65.7 Å². The fraction of sp³-hybridized carbons (Fsp3) is 0.105. The molecule has 0 unspecified atom stereocenters. The number of halogens is 2. The summed E-state index contributed by atoms with van der Waals surface area (Å²) in [6.45, 7) is 0.196. The molecule has 7 heteroatoms. The maximum Gasteiger partial charge on any atom is 0.322 e. The van der Waals surface area contributed by atoms with E-state index in [1.54, 1.807) is 30.3 Å². The Morgan fingerprint density at radius 2 is 1.77 bits per heavy atom. The second kappa shape index (κ2) is 7.69. The second-order valence-electron chi connectivity index (χ2n) is 5.65. The first-order chi connectivity index (χ1) is 12.5. The zero-order valence-electron chi connectivity index (χ0n) is 13.7. The summed E-state index contributed by atoms with van der Waals surface area (Å²) in [6.07, 6.45) is 1.48. The first-order valence-electron chi connectivity index (χ1n) is 7.82. The van der Waals surface area contributed by atoms with Gasteiger partial charge < -0.3 is 19.7 Å². The van der Waals surface area contributed by atoms with E-state index in [1.165, 1.54) is 17.2 Å². The van der Waals surface area contributed by atoms with Crippen molar-refractivity contribution in [3.63, 3.8) is 0 Å². The highest BCUT2D eigenvalue weighted by Gasteiger charge is 2.18. The summed E-state index contributed by atoms with van der Waals surface area (Å²) in [6, 6.07) is 12.2. The Balaban J connectivity index is 1.81. The van der Waals surface area contributed by atoms with Crippen LogP contribution in [0.4, 0.5) is 19.3 Å². The number of benzene rings is 2. The van der Waals surface area contributed by atoms with Crippen molar-refractivity contribution < 1.29 is 23.1 Å².